The molecule has 0 fully saturated rings. The van der Waals surface area contributed by atoms with E-state index in [4.69, 9.17) is 8.83 Å². The molecule has 0 spiro atoms. The van der Waals surface area contributed by atoms with Gasteiger partial charge in [-0.1, -0.05) is 18.2 Å². The number of hydrogen-bond acceptors (Lipinski definition) is 4. The number of allylic oxidation sites excluding steroid dienone is 2. The van der Waals surface area contributed by atoms with Crippen LogP contribution in [0.2, 0.25) is 0 Å². The summed E-state index contributed by atoms with van der Waals surface area (Å²) in [7, 11) is 0. The Bertz CT molecular complexity index is 810. The number of benzene rings is 1. The zero-order valence-electron chi connectivity index (χ0n) is 12.7. The second-order valence-corrected chi connectivity index (χ2v) is 5.01. The Morgan fingerprint density at radius 3 is 1.62 bits per heavy atom. The smallest absolute Gasteiger partial charge is 0.185 e. The molecule has 3 rings (SSSR count). The van der Waals surface area contributed by atoms with Gasteiger partial charge in [-0.25, -0.2) is 0 Å². The Kier molecular flexibility index (Phi) is 4.68. The minimum atomic E-state index is -0.198. The van der Waals surface area contributed by atoms with E-state index in [0.717, 1.165) is 0 Å². The topological polar surface area (TPSA) is 60.4 Å². The molecule has 118 valence electrons. The van der Waals surface area contributed by atoms with Gasteiger partial charge in [0.2, 0.25) is 0 Å². The lowest BCUT2D eigenvalue weighted by atomic mass is 10.0. The molecular formula is C20H14O4. The molecule has 0 saturated carbocycles. The van der Waals surface area contributed by atoms with Crippen LogP contribution in [0.15, 0.2) is 82.0 Å². The van der Waals surface area contributed by atoms with Crippen molar-refractivity contribution in [3.8, 4) is 0 Å². The van der Waals surface area contributed by atoms with Crippen molar-refractivity contribution < 1.29 is 18.4 Å². The van der Waals surface area contributed by atoms with Crippen LogP contribution in [0.25, 0.3) is 12.2 Å². The van der Waals surface area contributed by atoms with Gasteiger partial charge in [0.1, 0.15) is 11.5 Å². The van der Waals surface area contributed by atoms with Crippen molar-refractivity contribution in [2.45, 2.75) is 0 Å². The highest BCUT2D eigenvalue weighted by molar-refractivity contribution is 6.11. The van der Waals surface area contributed by atoms with Crippen LogP contribution in [-0.4, -0.2) is 11.6 Å². The van der Waals surface area contributed by atoms with Crippen molar-refractivity contribution in [2.24, 2.45) is 0 Å². The highest BCUT2D eigenvalue weighted by Crippen LogP contribution is 2.11. The monoisotopic (exact) mass is 318 g/mol. The molecule has 24 heavy (non-hydrogen) atoms. The maximum atomic E-state index is 12.2. The Morgan fingerprint density at radius 2 is 1.21 bits per heavy atom. The second-order valence-electron chi connectivity index (χ2n) is 5.01. The molecule has 2 heterocycles. The summed E-state index contributed by atoms with van der Waals surface area (Å²) in [6.45, 7) is 0. The lowest BCUT2D eigenvalue weighted by Crippen LogP contribution is -1.99. The number of furan rings is 2. The van der Waals surface area contributed by atoms with Crippen molar-refractivity contribution >= 4 is 23.7 Å². The first-order valence-electron chi connectivity index (χ1n) is 7.34. The fourth-order valence-corrected chi connectivity index (χ4v) is 2.11. The van der Waals surface area contributed by atoms with Crippen LogP contribution in [0.1, 0.15) is 32.2 Å². The lowest BCUT2D eigenvalue weighted by molar-refractivity contribution is 0.104. The first-order chi connectivity index (χ1) is 11.7. The van der Waals surface area contributed by atoms with Crippen molar-refractivity contribution in [3.63, 3.8) is 0 Å². The average molecular weight is 318 g/mol. The van der Waals surface area contributed by atoms with Crippen LogP contribution in [0.5, 0.6) is 0 Å². The molecule has 2 aromatic heterocycles. The van der Waals surface area contributed by atoms with Crippen LogP contribution in [-0.2, 0) is 0 Å². The molecule has 0 amide bonds. The fourth-order valence-electron chi connectivity index (χ4n) is 2.11. The summed E-state index contributed by atoms with van der Waals surface area (Å²) >= 11 is 0. The minimum absolute atomic E-state index is 0.198. The van der Waals surface area contributed by atoms with E-state index in [9.17, 15) is 9.59 Å². The molecule has 0 N–H and O–H groups in total. The molecule has 4 nitrogen and oxygen atoms in total. The molecule has 0 saturated heterocycles. The molecule has 0 aliphatic carbocycles. The third-order valence-electron chi connectivity index (χ3n) is 3.32. The highest BCUT2D eigenvalue weighted by Gasteiger charge is 2.07. The molecule has 0 bridgehead atoms. The Morgan fingerprint density at radius 1 is 0.708 bits per heavy atom. The largest absolute Gasteiger partial charge is 0.465 e. The third-order valence-corrected chi connectivity index (χ3v) is 3.32. The first-order valence-corrected chi connectivity index (χ1v) is 7.34. The zero-order valence-corrected chi connectivity index (χ0v) is 12.7. The number of carbonyl (C=O) groups excluding carboxylic acids is 2. The van der Waals surface area contributed by atoms with Gasteiger partial charge in [0, 0.05) is 11.1 Å². The molecule has 3 aromatic rings. The van der Waals surface area contributed by atoms with Gasteiger partial charge < -0.3 is 8.83 Å². The number of carbonyl (C=O) groups is 2. The molecule has 0 aliphatic rings. The van der Waals surface area contributed by atoms with Gasteiger partial charge in [-0.15, -0.1) is 0 Å². The van der Waals surface area contributed by atoms with E-state index in [1.54, 1.807) is 60.7 Å². The number of ketones is 2. The van der Waals surface area contributed by atoms with Gasteiger partial charge in [-0.2, -0.15) is 0 Å². The maximum Gasteiger partial charge on any atom is 0.185 e. The van der Waals surface area contributed by atoms with E-state index in [0.29, 0.717) is 22.6 Å². The standard InChI is InChI=1S/C20H14O4/c21-19(10-8-17-6-2-12-23-17)15-4-1-5-16(14-15)20(22)11-9-18-7-3-13-24-18/h1-14H/b10-8+,11-9+. The normalized spacial score (nSPS) is 11.3. The van der Waals surface area contributed by atoms with Crippen LogP contribution in [0.3, 0.4) is 0 Å². The van der Waals surface area contributed by atoms with Crippen molar-refractivity contribution in [1.29, 1.82) is 0 Å². The second kappa shape index (κ2) is 7.24. The first kappa shape index (κ1) is 15.5. The number of rotatable bonds is 6. The van der Waals surface area contributed by atoms with Crippen molar-refractivity contribution in [1.82, 2.24) is 0 Å². The summed E-state index contributed by atoms with van der Waals surface area (Å²) in [4.78, 5) is 24.4. The van der Waals surface area contributed by atoms with Gasteiger partial charge in [0.05, 0.1) is 12.5 Å². The van der Waals surface area contributed by atoms with Crippen LogP contribution in [0.4, 0.5) is 0 Å². The van der Waals surface area contributed by atoms with Crippen LogP contribution >= 0.6 is 0 Å². The Balaban J connectivity index is 1.73. The van der Waals surface area contributed by atoms with Gasteiger partial charge >= 0.3 is 0 Å². The van der Waals surface area contributed by atoms with Crippen molar-refractivity contribution in [2.75, 3.05) is 0 Å². The summed E-state index contributed by atoms with van der Waals surface area (Å²) in [5.41, 5.74) is 0.880. The van der Waals surface area contributed by atoms with E-state index in [-0.39, 0.29) is 11.6 Å². The van der Waals surface area contributed by atoms with Gasteiger partial charge in [0.15, 0.2) is 11.6 Å². The minimum Gasteiger partial charge on any atom is -0.465 e. The highest BCUT2D eigenvalue weighted by atomic mass is 16.3. The Hall–Kier alpha value is -3.40. The molecular weight excluding hydrogens is 304 g/mol. The fraction of sp³-hybridized carbons (Fsp3) is 0. The average Bonchev–Trinajstić information content (AvgIpc) is 3.31. The maximum absolute atomic E-state index is 12.2. The molecule has 1 aromatic carbocycles. The van der Waals surface area contributed by atoms with E-state index >= 15 is 0 Å². The van der Waals surface area contributed by atoms with Crippen LogP contribution < -0.4 is 0 Å². The molecule has 0 unspecified atom stereocenters. The summed E-state index contributed by atoms with van der Waals surface area (Å²) in [5, 5.41) is 0. The zero-order chi connectivity index (χ0) is 16.8. The van der Waals surface area contributed by atoms with Gasteiger partial charge in [0.25, 0.3) is 0 Å². The predicted octanol–water partition coefficient (Wildman–Crippen LogP) is 4.66. The lowest BCUT2D eigenvalue weighted by Gasteiger charge is -1.99. The summed E-state index contributed by atoms with van der Waals surface area (Å²) in [5.74, 6) is 0.793. The van der Waals surface area contributed by atoms with Crippen LogP contribution in [0, 0.1) is 0 Å². The quantitative estimate of drug-likeness (QED) is 0.489. The predicted molar refractivity (Wildman–Crippen MR) is 90.6 cm³/mol. The Labute approximate surface area is 138 Å². The molecule has 0 atom stereocenters. The molecule has 4 heteroatoms. The van der Waals surface area contributed by atoms with E-state index < -0.39 is 0 Å². The summed E-state index contributed by atoms with van der Waals surface area (Å²) in [6, 6.07) is 13.6. The van der Waals surface area contributed by atoms with Crippen molar-refractivity contribution in [3.05, 3.63) is 95.9 Å². The summed E-state index contributed by atoms with van der Waals surface area (Å²) in [6.07, 6.45) is 9.09. The van der Waals surface area contributed by atoms with Gasteiger partial charge in [-0.3, -0.25) is 9.59 Å². The van der Waals surface area contributed by atoms with Gasteiger partial charge in [-0.05, 0) is 54.6 Å². The van der Waals surface area contributed by atoms with E-state index in [1.165, 1.54) is 24.7 Å². The molecule has 0 aliphatic heterocycles. The van der Waals surface area contributed by atoms with E-state index in [2.05, 4.69) is 0 Å². The molecule has 0 radical (unpaired) electrons. The third kappa shape index (κ3) is 3.87. The SMILES string of the molecule is O=C(/C=C/c1ccco1)c1cccc(C(=O)/C=C/c2ccco2)c1. The van der Waals surface area contributed by atoms with E-state index in [1.807, 2.05) is 0 Å². The number of hydrogen-bond donors (Lipinski definition) is 0. The summed E-state index contributed by atoms with van der Waals surface area (Å²) < 4.78 is 10.3.